The predicted octanol–water partition coefficient (Wildman–Crippen LogP) is 5.08. The molecular weight excluding hydrogens is 419 g/mol. The van der Waals surface area contributed by atoms with E-state index in [4.69, 9.17) is 33.7 Å². The van der Waals surface area contributed by atoms with Crippen LogP contribution in [0.3, 0.4) is 0 Å². The van der Waals surface area contributed by atoms with Crippen molar-refractivity contribution in [3.05, 3.63) is 44.2 Å². The second-order valence-corrected chi connectivity index (χ2v) is 8.94. The van der Waals surface area contributed by atoms with Gasteiger partial charge in [0.1, 0.15) is 10.8 Å². The van der Waals surface area contributed by atoms with Crippen LogP contribution in [0.15, 0.2) is 18.2 Å². The Labute approximate surface area is 178 Å². The Balaban J connectivity index is 1.55. The van der Waals surface area contributed by atoms with Gasteiger partial charge in [-0.1, -0.05) is 30.1 Å². The highest BCUT2D eigenvalue weighted by Gasteiger charge is 2.27. The minimum absolute atomic E-state index is 0.167. The second-order valence-electron chi connectivity index (χ2n) is 7.00. The summed E-state index contributed by atoms with van der Waals surface area (Å²) in [5.41, 5.74) is 7.06. The SMILES string of the molecule is C[C@H]1CCc2c(sc(NC(=O)CCCOc3ccc(Cl)cc3Cl)c2C(N)=O)C1. The molecule has 1 aliphatic carbocycles. The van der Waals surface area contributed by atoms with E-state index in [1.165, 1.54) is 11.3 Å². The molecule has 3 N–H and O–H groups in total. The van der Waals surface area contributed by atoms with Crippen molar-refractivity contribution in [2.24, 2.45) is 11.7 Å². The summed E-state index contributed by atoms with van der Waals surface area (Å²) in [6.45, 7) is 2.54. The summed E-state index contributed by atoms with van der Waals surface area (Å²) >= 11 is 13.4. The number of amides is 2. The van der Waals surface area contributed by atoms with Gasteiger partial charge < -0.3 is 15.8 Å². The fraction of sp³-hybridized carbons (Fsp3) is 0.400. The number of ether oxygens (including phenoxy) is 1. The number of benzene rings is 1. The molecule has 0 unspecified atom stereocenters. The van der Waals surface area contributed by atoms with E-state index in [0.29, 0.717) is 45.3 Å². The summed E-state index contributed by atoms with van der Waals surface area (Å²) < 4.78 is 5.59. The number of anilines is 1. The minimum atomic E-state index is -0.483. The average molecular weight is 441 g/mol. The number of hydrogen-bond acceptors (Lipinski definition) is 4. The van der Waals surface area contributed by atoms with Gasteiger partial charge in [-0.25, -0.2) is 0 Å². The third kappa shape index (κ3) is 4.99. The number of nitrogens with one attached hydrogen (secondary N) is 1. The van der Waals surface area contributed by atoms with Crippen molar-refractivity contribution in [3.8, 4) is 5.75 Å². The van der Waals surface area contributed by atoms with Crippen LogP contribution in [0, 0.1) is 5.92 Å². The normalized spacial score (nSPS) is 15.8. The first-order valence-corrected chi connectivity index (χ1v) is 10.7. The Bertz CT molecular complexity index is 898. The van der Waals surface area contributed by atoms with Gasteiger partial charge in [0.2, 0.25) is 5.91 Å². The number of carbonyl (C=O) groups excluding carboxylic acids is 2. The van der Waals surface area contributed by atoms with E-state index in [9.17, 15) is 9.59 Å². The first kappa shape index (κ1) is 21.0. The summed E-state index contributed by atoms with van der Waals surface area (Å²) in [7, 11) is 0. The number of primary amides is 1. The van der Waals surface area contributed by atoms with Crippen molar-refractivity contribution in [2.75, 3.05) is 11.9 Å². The molecule has 0 radical (unpaired) electrons. The van der Waals surface area contributed by atoms with Crippen molar-refractivity contribution < 1.29 is 14.3 Å². The molecule has 5 nitrogen and oxygen atoms in total. The van der Waals surface area contributed by atoms with E-state index >= 15 is 0 Å². The minimum Gasteiger partial charge on any atom is -0.492 e. The highest BCUT2D eigenvalue weighted by Crippen LogP contribution is 2.39. The maximum atomic E-state index is 12.3. The quantitative estimate of drug-likeness (QED) is 0.589. The summed E-state index contributed by atoms with van der Waals surface area (Å²) in [6.07, 6.45) is 3.56. The lowest BCUT2D eigenvalue weighted by Gasteiger charge is -2.18. The van der Waals surface area contributed by atoms with E-state index < -0.39 is 5.91 Å². The molecule has 1 aromatic heterocycles. The molecule has 0 saturated carbocycles. The van der Waals surface area contributed by atoms with Gasteiger partial charge >= 0.3 is 0 Å². The van der Waals surface area contributed by atoms with Crippen molar-refractivity contribution in [2.45, 2.75) is 39.0 Å². The maximum absolute atomic E-state index is 12.3. The first-order chi connectivity index (χ1) is 13.3. The number of thiophene rings is 1. The molecular formula is C20H22Cl2N2O3S. The van der Waals surface area contributed by atoms with Crippen LogP contribution in [0.1, 0.15) is 47.0 Å². The smallest absolute Gasteiger partial charge is 0.251 e. The first-order valence-electron chi connectivity index (χ1n) is 9.17. The van der Waals surface area contributed by atoms with E-state index in [1.54, 1.807) is 18.2 Å². The van der Waals surface area contributed by atoms with Gasteiger partial charge in [-0.15, -0.1) is 11.3 Å². The van der Waals surface area contributed by atoms with Gasteiger partial charge in [0.15, 0.2) is 0 Å². The van der Waals surface area contributed by atoms with Gasteiger partial charge in [0.25, 0.3) is 5.91 Å². The van der Waals surface area contributed by atoms with Crippen LogP contribution in [-0.2, 0) is 17.6 Å². The lowest BCUT2D eigenvalue weighted by molar-refractivity contribution is -0.116. The molecule has 0 spiro atoms. The lowest BCUT2D eigenvalue weighted by atomic mass is 9.88. The van der Waals surface area contributed by atoms with Gasteiger partial charge in [-0.2, -0.15) is 0 Å². The molecule has 1 aliphatic rings. The summed E-state index contributed by atoms with van der Waals surface area (Å²) in [4.78, 5) is 25.4. The summed E-state index contributed by atoms with van der Waals surface area (Å²) in [6, 6.07) is 5.00. The summed E-state index contributed by atoms with van der Waals surface area (Å²) in [5.74, 6) is 0.456. The maximum Gasteiger partial charge on any atom is 0.251 e. The monoisotopic (exact) mass is 440 g/mol. The van der Waals surface area contributed by atoms with Gasteiger partial charge in [0, 0.05) is 16.3 Å². The van der Waals surface area contributed by atoms with E-state index in [0.717, 1.165) is 29.7 Å². The Morgan fingerprint density at radius 2 is 2.14 bits per heavy atom. The highest BCUT2D eigenvalue weighted by atomic mass is 35.5. The molecule has 0 fully saturated rings. The zero-order valence-corrected chi connectivity index (χ0v) is 17.8. The van der Waals surface area contributed by atoms with E-state index in [1.807, 2.05) is 0 Å². The van der Waals surface area contributed by atoms with Crippen LogP contribution in [0.4, 0.5) is 5.00 Å². The van der Waals surface area contributed by atoms with Crippen LogP contribution >= 0.6 is 34.5 Å². The van der Waals surface area contributed by atoms with Crippen LogP contribution in [0.2, 0.25) is 10.0 Å². The number of rotatable bonds is 7. The Morgan fingerprint density at radius 1 is 1.36 bits per heavy atom. The third-order valence-electron chi connectivity index (χ3n) is 4.71. The number of carbonyl (C=O) groups is 2. The molecule has 1 heterocycles. The molecule has 1 aromatic carbocycles. The highest BCUT2D eigenvalue weighted by molar-refractivity contribution is 7.17. The van der Waals surface area contributed by atoms with Crippen LogP contribution in [0.5, 0.6) is 5.75 Å². The van der Waals surface area contributed by atoms with Crippen LogP contribution in [-0.4, -0.2) is 18.4 Å². The number of nitrogens with two attached hydrogens (primary N) is 1. The standard InChI is InChI=1S/C20H22Cl2N2O3S/c1-11-4-6-13-16(9-11)28-20(18(13)19(23)26)24-17(25)3-2-8-27-15-7-5-12(21)10-14(15)22/h5,7,10-11H,2-4,6,8-9H2,1H3,(H2,23,26)(H,24,25)/t11-/m0/s1. The van der Waals surface area contributed by atoms with Crippen molar-refractivity contribution in [1.82, 2.24) is 0 Å². The zero-order chi connectivity index (χ0) is 20.3. The van der Waals surface area contributed by atoms with Crippen molar-refractivity contribution >= 4 is 51.4 Å². The van der Waals surface area contributed by atoms with Crippen LogP contribution < -0.4 is 15.8 Å². The van der Waals surface area contributed by atoms with Crippen molar-refractivity contribution in [3.63, 3.8) is 0 Å². The second kappa shape index (κ2) is 9.16. The van der Waals surface area contributed by atoms with Gasteiger partial charge in [-0.3, -0.25) is 9.59 Å². The molecule has 1 atom stereocenters. The Hall–Kier alpha value is -1.76. The Morgan fingerprint density at radius 3 is 2.86 bits per heavy atom. The third-order valence-corrected chi connectivity index (χ3v) is 6.41. The molecule has 0 aliphatic heterocycles. The molecule has 8 heteroatoms. The van der Waals surface area contributed by atoms with E-state index in [-0.39, 0.29) is 12.3 Å². The predicted molar refractivity (Wildman–Crippen MR) is 114 cm³/mol. The fourth-order valence-corrected chi connectivity index (χ4v) is 5.19. The van der Waals surface area contributed by atoms with Gasteiger partial charge in [-0.05, 0) is 55.4 Å². The van der Waals surface area contributed by atoms with Crippen LogP contribution in [0.25, 0.3) is 0 Å². The number of fused-ring (bicyclic) bond motifs is 1. The Kier molecular flexibility index (Phi) is 6.86. The average Bonchev–Trinajstić information content (AvgIpc) is 2.97. The summed E-state index contributed by atoms with van der Waals surface area (Å²) in [5, 5.41) is 4.40. The van der Waals surface area contributed by atoms with Gasteiger partial charge in [0.05, 0.1) is 17.2 Å². The molecule has 0 bridgehead atoms. The number of halogens is 2. The topological polar surface area (TPSA) is 81.4 Å². The molecule has 28 heavy (non-hydrogen) atoms. The number of hydrogen-bond donors (Lipinski definition) is 2. The molecule has 3 rings (SSSR count). The molecule has 0 saturated heterocycles. The zero-order valence-electron chi connectivity index (χ0n) is 15.5. The van der Waals surface area contributed by atoms with E-state index in [2.05, 4.69) is 12.2 Å². The molecule has 2 aromatic rings. The fourth-order valence-electron chi connectivity index (χ4n) is 3.30. The van der Waals surface area contributed by atoms with Crippen molar-refractivity contribution in [1.29, 1.82) is 0 Å². The molecule has 2 amide bonds. The lowest BCUT2D eigenvalue weighted by Crippen LogP contribution is -2.19. The molecule has 150 valence electrons. The largest absolute Gasteiger partial charge is 0.492 e.